The van der Waals surface area contributed by atoms with Crippen LogP contribution in [0.1, 0.15) is 12.5 Å². The van der Waals surface area contributed by atoms with Crippen LogP contribution in [0.2, 0.25) is 0 Å². The van der Waals surface area contributed by atoms with Gasteiger partial charge in [0.15, 0.2) is 5.03 Å². The van der Waals surface area contributed by atoms with Crippen LogP contribution in [0.3, 0.4) is 0 Å². The summed E-state index contributed by atoms with van der Waals surface area (Å²) in [5.74, 6) is 0. The Morgan fingerprint density at radius 2 is 2.22 bits per heavy atom. The Kier molecular flexibility index (Phi) is 4.44. The summed E-state index contributed by atoms with van der Waals surface area (Å²) in [4.78, 5) is 8.08. The van der Waals surface area contributed by atoms with Crippen molar-refractivity contribution in [2.75, 3.05) is 4.31 Å². The summed E-state index contributed by atoms with van der Waals surface area (Å²) < 4.78 is 29.1. The van der Waals surface area contributed by atoms with Crippen molar-refractivity contribution >= 4 is 27.0 Å². The van der Waals surface area contributed by atoms with Gasteiger partial charge in [0.25, 0.3) is 10.0 Å². The number of aromatic nitrogens is 3. The standard InChI is InChI=1S/C15H16N4O2S2/c1-2-18-10-15(17-12-18)23(20,21)19(9-13-5-7-22-11-13)14-4-3-6-16-8-14/h3-8,10-12H,2,9H2,1H3. The lowest BCUT2D eigenvalue weighted by molar-refractivity contribution is 0.587. The smallest absolute Gasteiger partial charge is 0.283 e. The van der Waals surface area contributed by atoms with E-state index in [0.717, 1.165) is 5.56 Å². The summed E-state index contributed by atoms with van der Waals surface area (Å²) in [7, 11) is -3.75. The number of anilines is 1. The number of thiophene rings is 1. The highest BCUT2D eigenvalue weighted by atomic mass is 32.2. The highest BCUT2D eigenvalue weighted by Gasteiger charge is 2.27. The van der Waals surface area contributed by atoms with Crippen LogP contribution in [0.4, 0.5) is 5.69 Å². The zero-order valence-electron chi connectivity index (χ0n) is 12.5. The van der Waals surface area contributed by atoms with Crippen LogP contribution in [-0.4, -0.2) is 23.0 Å². The molecule has 3 heterocycles. The first-order chi connectivity index (χ1) is 11.1. The maximum Gasteiger partial charge on any atom is 0.283 e. The normalized spacial score (nSPS) is 11.5. The van der Waals surface area contributed by atoms with Crippen LogP contribution in [0.15, 0.2) is 58.9 Å². The van der Waals surface area contributed by atoms with Crippen molar-refractivity contribution in [3.63, 3.8) is 0 Å². The van der Waals surface area contributed by atoms with E-state index in [4.69, 9.17) is 0 Å². The predicted molar refractivity (Wildman–Crippen MR) is 89.8 cm³/mol. The Labute approximate surface area is 139 Å². The van der Waals surface area contributed by atoms with Crippen molar-refractivity contribution in [1.82, 2.24) is 14.5 Å². The highest BCUT2D eigenvalue weighted by Crippen LogP contribution is 2.25. The van der Waals surface area contributed by atoms with E-state index in [-0.39, 0.29) is 11.6 Å². The van der Waals surface area contributed by atoms with Crippen molar-refractivity contribution in [2.24, 2.45) is 0 Å². The Morgan fingerprint density at radius 3 is 2.83 bits per heavy atom. The van der Waals surface area contributed by atoms with Crippen LogP contribution in [0.25, 0.3) is 0 Å². The van der Waals surface area contributed by atoms with Gasteiger partial charge in [-0.1, -0.05) is 0 Å². The van der Waals surface area contributed by atoms with Crippen molar-refractivity contribution in [3.8, 4) is 0 Å². The molecule has 0 aliphatic carbocycles. The molecular weight excluding hydrogens is 332 g/mol. The van der Waals surface area contributed by atoms with Crippen molar-refractivity contribution in [2.45, 2.75) is 25.0 Å². The second kappa shape index (κ2) is 6.51. The SMILES string of the molecule is CCn1cnc(S(=O)(=O)N(Cc2ccsc2)c2cccnc2)c1. The molecule has 23 heavy (non-hydrogen) atoms. The number of aryl methyl sites for hydroxylation is 1. The molecule has 0 saturated carbocycles. The molecule has 8 heteroatoms. The number of rotatable bonds is 6. The first-order valence-electron chi connectivity index (χ1n) is 7.07. The second-order valence-electron chi connectivity index (χ2n) is 4.90. The van der Waals surface area contributed by atoms with Crippen LogP contribution in [0, 0.1) is 0 Å². The fourth-order valence-corrected chi connectivity index (χ4v) is 4.16. The van der Waals surface area contributed by atoms with Crippen LogP contribution in [-0.2, 0) is 23.1 Å². The maximum atomic E-state index is 13.0. The molecule has 0 saturated heterocycles. The van der Waals surface area contributed by atoms with Gasteiger partial charge in [-0.3, -0.25) is 9.29 Å². The average Bonchev–Trinajstić information content (AvgIpc) is 3.25. The third kappa shape index (κ3) is 3.27. The first kappa shape index (κ1) is 15.7. The zero-order chi connectivity index (χ0) is 16.3. The van der Waals surface area contributed by atoms with Gasteiger partial charge in [-0.2, -0.15) is 19.8 Å². The molecule has 0 N–H and O–H groups in total. The van der Waals surface area contributed by atoms with Gasteiger partial charge in [0.2, 0.25) is 0 Å². The molecule has 0 aliphatic heterocycles. The van der Waals surface area contributed by atoms with E-state index >= 15 is 0 Å². The fourth-order valence-electron chi connectivity index (χ4n) is 2.12. The summed E-state index contributed by atoms with van der Waals surface area (Å²) in [6.07, 6.45) is 6.23. The molecule has 0 atom stereocenters. The second-order valence-corrected chi connectivity index (χ2v) is 7.49. The minimum atomic E-state index is -3.75. The zero-order valence-corrected chi connectivity index (χ0v) is 14.2. The van der Waals surface area contributed by atoms with E-state index in [1.165, 1.54) is 22.0 Å². The summed E-state index contributed by atoms with van der Waals surface area (Å²) in [6.45, 7) is 2.85. The minimum Gasteiger partial charge on any atom is -0.336 e. The number of nitrogens with zero attached hydrogens (tertiary/aromatic N) is 4. The minimum absolute atomic E-state index is 0.0402. The third-order valence-corrected chi connectivity index (χ3v) is 5.76. The van der Waals surface area contributed by atoms with E-state index in [9.17, 15) is 8.42 Å². The highest BCUT2D eigenvalue weighted by molar-refractivity contribution is 7.92. The number of sulfonamides is 1. The van der Waals surface area contributed by atoms with Crippen LogP contribution < -0.4 is 4.31 Å². The molecule has 0 amide bonds. The lowest BCUT2D eigenvalue weighted by atomic mass is 10.3. The van der Waals surface area contributed by atoms with Gasteiger partial charge in [-0.25, -0.2) is 4.98 Å². The van der Waals surface area contributed by atoms with Crippen molar-refractivity contribution in [3.05, 3.63) is 59.4 Å². The van der Waals surface area contributed by atoms with E-state index in [1.807, 2.05) is 23.8 Å². The molecule has 0 aromatic carbocycles. The van der Waals surface area contributed by atoms with E-state index in [2.05, 4.69) is 9.97 Å². The summed E-state index contributed by atoms with van der Waals surface area (Å²) >= 11 is 1.53. The fraction of sp³-hybridized carbons (Fsp3) is 0.200. The number of pyridine rings is 1. The van der Waals surface area contributed by atoms with Crippen molar-refractivity contribution in [1.29, 1.82) is 0 Å². The first-order valence-corrected chi connectivity index (χ1v) is 9.45. The lowest BCUT2D eigenvalue weighted by Crippen LogP contribution is -2.30. The molecule has 120 valence electrons. The van der Waals surface area contributed by atoms with E-state index in [0.29, 0.717) is 12.2 Å². The molecule has 0 fully saturated rings. The predicted octanol–water partition coefficient (Wildman–Crippen LogP) is 2.76. The monoisotopic (exact) mass is 348 g/mol. The van der Waals surface area contributed by atoms with Gasteiger partial charge in [0.1, 0.15) is 0 Å². The largest absolute Gasteiger partial charge is 0.336 e. The molecule has 0 unspecified atom stereocenters. The Morgan fingerprint density at radius 1 is 1.35 bits per heavy atom. The molecule has 3 aromatic rings. The number of hydrogen-bond donors (Lipinski definition) is 0. The van der Waals surface area contributed by atoms with Gasteiger partial charge in [0, 0.05) is 18.9 Å². The number of imidazole rings is 1. The van der Waals surface area contributed by atoms with Crippen LogP contribution in [0.5, 0.6) is 0 Å². The Bertz CT molecular complexity index is 858. The van der Waals surface area contributed by atoms with Gasteiger partial charge in [-0.15, -0.1) is 0 Å². The molecule has 0 spiro atoms. The Hall–Kier alpha value is -2.19. The lowest BCUT2D eigenvalue weighted by Gasteiger charge is -2.22. The Balaban J connectivity index is 2.03. The summed E-state index contributed by atoms with van der Waals surface area (Å²) in [5, 5.41) is 3.90. The third-order valence-electron chi connectivity index (χ3n) is 3.37. The van der Waals surface area contributed by atoms with Crippen LogP contribution >= 0.6 is 11.3 Å². The maximum absolute atomic E-state index is 13.0. The van der Waals surface area contributed by atoms with Gasteiger partial charge >= 0.3 is 0 Å². The molecular formula is C15H16N4O2S2. The average molecular weight is 348 g/mol. The summed E-state index contributed by atoms with van der Waals surface area (Å²) in [6, 6.07) is 5.36. The van der Waals surface area contributed by atoms with Crippen molar-refractivity contribution < 1.29 is 8.42 Å². The van der Waals surface area contributed by atoms with Gasteiger partial charge in [0.05, 0.1) is 24.8 Å². The summed E-state index contributed by atoms with van der Waals surface area (Å²) in [5.41, 5.74) is 1.45. The molecule has 0 aliphatic rings. The van der Waals surface area contributed by atoms with E-state index < -0.39 is 10.0 Å². The molecule has 0 bridgehead atoms. The number of hydrogen-bond acceptors (Lipinski definition) is 5. The molecule has 0 radical (unpaired) electrons. The molecule has 3 aromatic heterocycles. The van der Waals surface area contributed by atoms with Gasteiger partial charge < -0.3 is 4.57 Å². The molecule has 6 nitrogen and oxygen atoms in total. The van der Waals surface area contributed by atoms with Gasteiger partial charge in [-0.05, 0) is 41.4 Å². The quantitative estimate of drug-likeness (QED) is 0.687. The molecule has 3 rings (SSSR count). The topological polar surface area (TPSA) is 68.1 Å². The van der Waals surface area contributed by atoms with E-state index in [1.54, 1.807) is 35.3 Å².